The van der Waals surface area contributed by atoms with E-state index in [2.05, 4.69) is 27.4 Å². The van der Waals surface area contributed by atoms with Gasteiger partial charge in [0.15, 0.2) is 0 Å². The third-order valence-electron chi connectivity index (χ3n) is 1.98. The summed E-state index contributed by atoms with van der Waals surface area (Å²) in [5.41, 5.74) is 0. The minimum atomic E-state index is -0.543. The van der Waals surface area contributed by atoms with Gasteiger partial charge in [0.25, 0.3) is 0 Å². The van der Waals surface area contributed by atoms with Crippen molar-refractivity contribution in [2.24, 2.45) is 0 Å². The van der Waals surface area contributed by atoms with Crippen LogP contribution in [-0.4, -0.2) is 37.6 Å². The van der Waals surface area contributed by atoms with Crippen molar-refractivity contribution in [1.82, 2.24) is 0 Å². The maximum atomic E-state index is 10.8. The van der Waals surface area contributed by atoms with Gasteiger partial charge in [-0.05, 0) is 25.7 Å². The van der Waals surface area contributed by atoms with Crippen LogP contribution >= 0.6 is 12.6 Å². The third-order valence-corrected chi connectivity index (χ3v) is 2.24. The molecule has 0 aliphatic heterocycles. The van der Waals surface area contributed by atoms with Gasteiger partial charge >= 0.3 is 40.5 Å². The Balaban J connectivity index is 0.000000423. The van der Waals surface area contributed by atoms with Crippen LogP contribution in [0.2, 0.25) is 14.8 Å². The van der Waals surface area contributed by atoms with Gasteiger partial charge in [0.2, 0.25) is 0 Å². The van der Waals surface area contributed by atoms with E-state index in [1.165, 1.54) is 19.3 Å². The van der Waals surface area contributed by atoms with Crippen LogP contribution in [0, 0.1) is 0 Å². The molecule has 1 aliphatic rings. The molecule has 1 radical (unpaired) electrons. The Bertz CT molecular complexity index is 165. The van der Waals surface area contributed by atoms with E-state index in [-0.39, 0.29) is 17.8 Å². The fourth-order valence-electron chi connectivity index (χ4n) is 1.41. The Hall–Kier alpha value is 0.619. The summed E-state index contributed by atoms with van der Waals surface area (Å²) in [6.07, 6.45) is 5.95. The molecule has 4 heteroatoms. The van der Waals surface area contributed by atoms with Gasteiger partial charge < -0.3 is 4.74 Å². The molecule has 0 atom stereocenters. The van der Waals surface area contributed by atoms with Gasteiger partial charge in [-0.1, -0.05) is 6.42 Å². The van der Waals surface area contributed by atoms with E-state index in [4.69, 9.17) is 4.74 Å². The molecule has 0 bridgehead atoms. The number of thiol groups is 1. The van der Waals surface area contributed by atoms with Gasteiger partial charge in [-0.2, -0.15) is 12.6 Å². The zero-order valence-corrected chi connectivity index (χ0v) is 13.8. The first-order valence-electron chi connectivity index (χ1n) is 5.63. The quantitative estimate of drug-likeness (QED) is 0.476. The summed E-state index contributed by atoms with van der Waals surface area (Å²) in [6.45, 7) is 0. The number of ether oxygens (including phenoxy) is 1. The molecule has 0 spiro atoms. The van der Waals surface area contributed by atoms with Crippen LogP contribution in [-0.2, 0) is 9.53 Å². The Morgan fingerprint density at radius 1 is 1.27 bits per heavy atom. The second-order valence-corrected chi connectivity index (χ2v) is 13.3. The molecule has 1 aliphatic carbocycles. The monoisotopic (exact) mass is 339 g/mol. The first-order chi connectivity index (χ1) is 7.06. The Morgan fingerprint density at radius 2 is 1.73 bits per heavy atom. The molecule has 0 aromatic carbocycles. The maximum absolute atomic E-state index is 10.8. The van der Waals surface area contributed by atoms with Crippen molar-refractivity contribution in [1.29, 1.82) is 0 Å². The van der Waals surface area contributed by atoms with Crippen molar-refractivity contribution in [2.75, 3.05) is 5.75 Å². The Labute approximate surface area is 106 Å². The van der Waals surface area contributed by atoms with Crippen molar-refractivity contribution >= 4 is 38.4 Å². The average molecular weight is 338 g/mol. The summed E-state index contributed by atoms with van der Waals surface area (Å²) in [5, 5.41) is 0. The number of carbonyl (C=O) groups is 1. The summed E-state index contributed by atoms with van der Waals surface area (Å²) in [7, 11) is 0. The van der Waals surface area contributed by atoms with Gasteiger partial charge in [0, 0.05) is 0 Å². The fraction of sp³-hybridized carbons (Fsp3) is 0.909. The predicted molar refractivity (Wildman–Crippen MR) is 70.2 cm³/mol. The van der Waals surface area contributed by atoms with Crippen LogP contribution in [0.1, 0.15) is 32.1 Å². The van der Waals surface area contributed by atoms with Crippen LogP contribution in [0.15, 0.2) is 0 Å². The van der Waals surface area contributed by atoms with E-state index >= 15 is 0 Å². The van der Waals surface area contributed by atoms with Crippen molar-refractivity contribution in [3.8, 4) is 0 Å². The zero-order chi connectivity index (χ0) is 11.7. The molecule has 0 amide bonds. The van der Waals surface area contributed by atoms with E-state index in [0.29, 0.717) is 0 Å². The molecule has 2 nitrogen and oxygen atoms in total. The van der Waals surface area contributed by atoms with E-state index in [9.17, 15) is 4.79 Å². The Morgan fingerprint density at radius 3 is 2.13 bits per heavy atom. The first-order valence-corrected chi connectivity index (χ1v) is 14.8. The number of rotatable bonds is 2. The van der Waals surface area contributed by atoms with Crippen LogP contribution in [0.3, 0.4) is 0 Å². The molecular weight excluding hydrogens is 315 g/mol. The summed E-state index contributed by atoms with van der Waals surface area (Å²) in [4.78, 5) is 17.9. The summed E-state index contributed by atoms with van der Waals surface area (Å²) >= 11 is 3.30. The Kier molecular flexibility index (Phi) is 10.2. The third kappa shape index (κ3) is 10.9. The van der Waals surface area contributed by atoms with E-state index in [1.54, 1.807) is 0 Å². The van der Waals surface area contributed by atoms with Gasteiger partial charge in [-0.3, -0.25) is 4.79 Å². The topological polar surface area (TPSA) is 26.3 Å². The van der Waals surface area contributed by atoms with Crippen LogP contribution < -0.4 is 0 Å². The molecule has 1 saturated carbocycles. The second-order valence-electron chi connectivity index (χ2n) is 4.41. The SMILES string of the molecule is O=C(CS)OC1CCCCC1.[CH3][Sn]([CH3])[CH3]. The number of hydrogen-bond donors (Lipinski definition) is 1. The normalized spacial score (nSPS) is 16.9. The van der Waals surface area contributed by atoms with E-state index in [0.717, 1.165) is 12.8 Å². The summed E-state index contributed by atoms with van der Waals surface area (Å²) in [6, 6.07) is 0. The molecule has 0 heterocycles. The van der Waals surface area contributed by atoms with E-state index in [1.807, 2.05) is 0 Å². The number of hydrogen-bond acceptors (Lipinski definition) is 3. The molecule has 15 heavy (non-hydrogen) atoms. The molecule has 1 fully saturated rings. The average Bonchev–Trinajstić information content (AvgIpc) is 2.18. The summed E-state index contributed by atoms with van der Waals surface area (Å²) in [5.74, 6) is 0.0245. The summed E-state index contributed by atoms with van der Waals surface area (Å²) < 4.78 is 5.13. The minimum absolute atomic E-state index is 0.180. The molecule has 0 aromatic rings. The van der Waals surface area contributed by atoms with Crippen LogP contribution in [0.4, 0.5) is 0 Å². The fourth-order valence-corrected chi connectivity index (χ4v) is 1.48. The first kappa shape index (κ1) is 15.6. The molecular formula is C11H23O2SSn. The van der Waals surface area contributed by atoms with Crippen LogP contribution in [0.25, 0.3) is 0 Å². The molecule has 0 aromatic heterocycles. The van der Waals surface area contributed by atoms with Gasteiger partial charge in [-0.25, -0.2) is 0 Å². The van der Waals surface area contributed by atoms with E-state index < -0.39 is 19.8 Å². The van der Waals surface area contributed by atoms with Crippen LogP contribution in [0.5, 0.6) is 0 Å². The van der Waals surface area contributed by atoms with Crippen molar-refractivity contribution in [3.05, 3.63) is 0 Å². The molecule has 0 unspecified atom stereocenters. The standard InChI is InChI=1S/C8H14O2S.3CH3.Sn/c9-8(6-11)10-7-4-2-1-3-5-7;;;;/h7,11H,1-6H2;3*1H3;. The molecule has 0 N–H and O–H groups in total. The zero-order valence-electron chi connectivity index (χ0n) is 10.1. The predicted octanol–water partition coefficient (Wildman–Crippen LogP) is 3.16. The number of esters is 1. The van der Waals surface area contributed by atoms with Gasteiger partial charge in [0.05, 0.1) is 5.75 Å². The number of carbonyl (C=O) groups excluding carboxylic acids is 1. The van der Waals surface area contributed by atoms with Crippen molar-refractivity contribution in [3.63, 3.8) is 0 Å². The van der Waals surface area contributed by atoms with Gasteiger partial charge in [-0.15, -0.1) is 0 Å². The second kappa shape index (κ2) is 9.82. The van der Waals surface area contributed by atoms with Gasteiger partial charge in [0.1, 0.15) is 6.10 Å². The van der Waals surface area contributed by atoms with Crippen molar-refractivity contribution < 1.29 is 9.53 Å². The molecule has 89 valence electrons. The molecule has 0 saturated heterocycles. The molecule has 1 rings (SSSR count). The van der Waals surface area contributed by atoms with Crippen molar-refractivity contribution in [2.45, 2.75) is 53.0 Å².